The van der Waals surface area contributed by atoms with E-state index >= 15 is 0 Å². The second-order valence-electron chi connectivity index (χ2n) is 8.59. The molecule has 0 bridgehead atoms. The molecule has 1 saturated carbocycles. The van der Waals surface area contributed by atoms with Crippen molar-refractivity contribution in [1.82, 2.24) is 5.32 Å². The van der Waals surface area contributed by atoms with E-state index in [-0.39, 0.29) is 23.8 Å². The summed E-state index contributed by atoms with van der Waals surface area (Å²) in [4.78, 5) is 12.7. The van der Waals surface area contributed by atoms with Crippen LogP contribution in [0.5, 0.6) is 0 Å². The Morgan fingerprint density at radius 3 is 2.48 bits per heavy atom. The minimum Gasteiger partial charge on any atom is -0.391 e. The van der Waals surface area contributed by atoms with Gasteiger partial charge in [0.2, 0.25) is 5.91 Å². The first-order valence-electron chi connectivity index (χ1n) is 10.7. The number of aliphatic hydroxyl groups excluding tert-OH is 1. The summed E-state index contributed by atoms with van der Waals surface area (Å²) in [6.07, 6.45) is 8.06. The molecule has 4 nitrogen and oxygen atoms in total. The Balaban J connectivity index is 1.79. The molecule has 3 atom stereocenters. The lowest BCUT2D eigenvalue weighted by atomic mass is 9.85. The molecule has 1 aromatic rings. The molecule has 4 N–H and O–H groups in total. The van der Waals surface area contributed by atoms with Crippen molar-refractivity contribution in [3.8, 4) is 0 Å². The topological polar surface area (TPSA) is 75.3 Å². The van der Waals surface area contributed by atoms with Gasteiger partial charge in [-0.2, -0.15) is 0 Å². The van der Waals surface area contributed by atoms with E-state index < -0.39 is 6.10 Å². The molecule has 0 aliphatic heterocycles. The van der Waals surface area contributed by atoms with Gasteiger partial charge in [0.05, 0.1) is 6.10 Å². The SMILES string of the molecule is CC(C)[C@@H](C[C@H](O)[C@@H](N)Cc1ccccc1)C(=O)NCCC1CCCCC1. The number of amides is 1. The zero-order valence-corrected chi connectivity index (χ0v) is 17.1. The molecule has 1 aliphatic carbocycles. The van der Waals surface area contributed by atoms with Crippen molar-refractivity contribution in [1.29, 1.82) is 0 Å². The van der Waals surface area contributed by atoms with Gasteiger partial charge < -0.3 is 16.2 Å². The van der Waals surface area contributed by atoms with Crippen molar-refractivity contribution in [2.45, 2.75) is 77.4 Å². The molecule has 0 radical (unpaired) electrons. The van der Waals surface area contributed by atoms with Gasteiger partial charge in [-0.1, -0.05) is 76.3 Å². The van der Waals surface area contributed by atoms with Gasteiger partial charge in [0, 0.05) is 18.5 Å². The highest BCUT2D eigenvalue weighted by molar-refractivity contribution is 5.78. The molecule has 2 rings (SSSR count). The van der Waals surface area contributed by atoms with Crippen LogP contribution in [-0.4, -0.2) is 29.7 Å². The van der Waals surface area contributed by atoms with Crippen LogP contribution >= 0.6 is 0 Å². The van der Waals surface area contributed by atoms with Gasteiger partial charge >= 0.3 is 0 Å². The third-order valence-corrected chi connectivity index (χ3v) is 6.02. The average molecular weight is 375 g/mol. The number of nitrogens with one attached hydrogen (secondary N) is 1. The van der Waals surface area contributed by atoms with Crippen molar-refractivity contribution >= 4 is 5.91 Å². The largest absolute Gasteiger partial charge is 0.391 e. The van der Waals surface area contributed by atoms with Gasteiger partial charge in [-0.15, -0.1) is 0 Å². The highest BCUT2D eigenvalue weighted by Crippen LogP contribution is 2.26. The third-order valence-electron chi connectivity index (χ3n) is 6.02. The van der Waals surface area contributed by atoms with Crippen molar-refractivity contribution < 1.29 is 9.90 Å². The summed E-state index contributed by atoms with van der Waals surface area (Å²) in [6.45, 7) is 4.83. The molecule has 1 fully saturated rings. The lowest BCUT2D eigenvalue weighted by molar-refractivity contribution is -0.127. The summed E-state index contributed by atoms with van der Waals surface area (Å²) in [7, 11) is 0. The fourth-order valence-electron chi connectivity index (χ4n) is 4.15. The summed E-state index contributed by atoms with van der Waals surface area (Å²) < 4.78 is 0. The zero-order valence-electron chi connectivity index (χ0n) is 17.1. The molecule has 1 amide bonds. The van der Waals surface area contributed by atoms with E-state index in [4.69, 9.17) is 5.73 Å². The first kappa shape index (κ1) is 21.9. The Bertz CT molecular complexity index is 541. The zero-order chi connectivity index (χ0) is 19.6. The van der Waals surface area contributed by atoms with Gasteiger partial charge in [-0.3, -0.25) is 4.79 Å². The maximum Gasteiger partial charge on any atom is 0.223 e. The molecule has 27 heavy (non-hydrogen) atoms. The number of benzene rings is 1. The van der Waals surface area contributed by atoms with E-state index in [0.29, 0.717) is 12.8 Å². The number of carbonyl (C=O) groups excluding carboxylic acids is 1. The number of rotatable bonds is 10. The standard InChI is InChI=1S/C23H38N2O2/c1-17(2)20(23(27)25-14-13-18-9-5-3-6-10-18)16-22(26)21(24)15-19-11-7-4-8-12-19/h4,7-8,11-12,17-18,20-22,26H,3,5-6,9-10,13-16,24H2,1-2H3,(H,25,27)/t20-,21+,22+/m1/s1. The van der Waals surface area contributed by atoms with Gasteiger partial charge in [0.1, 0.15) is 0 Å². The first-order chi connectivity index (χ1) is 13.0. The maximum absolute atomic E-state index is 12.7. The molecule has 4 heteroatoms. The van der Waals surface area contributed by atoms with Gasteiger partial charge in [0.25, 0.3) is 0 Å². The highest BCUT2D eigenvalue weighted by atomic mass is 16.3. The Kier molecular flexibility index (Phi) is 9.29. The Labute approximate surface area is 164 Å². The van der Waals surface area contributed by atoms with E-state index in [2.05, 4.69) is 5.32 Å². The van der Waals surface area contributed by atoms with E-state index in [0.717, 1.165) is 24.4 Å². The lowest BCUT2D eigenvalue weighted by Crippen LogP contribution is -2.42. The molecule has 0 unspecified atom stereocenters. The number of carbonyl (C=O) groups is 1. The van der Waals surface area contributed by atoms with E-state index in [1.54, 1.807) is 0 Å². The molecular weight excluding hydrogens is 336 g/mol. The second-order valence-corrected chi connectivity index (χ2v) is 8.59. The summed E-state index contributed by atoms with van der Waals surface area (Å²) >= 11 is 0. The molecule has 0 saturated heterocycles. The molecular formula is C23H38N2O2. The van der Waals surface area contributed by atoms with Gasteiger partial charge in [-0.05, 0) is 36.7 Å². The van der Waals surface area contributed by atoms with Crippen molar-refractivity contribution in [2.24, 2.45) is 23.5 Å². The predicted molar refractivity (Wildman–Crippen MR) is 111 cm³/mol. The quantitative estimate of drug-likeness (QED) is 0.585. The minimum absolute atomic E-state index is 0.0618. The van der Waals surface area contributed by atoms with Crippen LogP contribution in [0.2, 0.25) is 0 Å². The van der Waals surface area contributed by atoms with Crippen LogP contribution in [0, 0.1) is 17.8 Å². The van der Waals surface area contributed by atoms with Crippen molar-refractivity contribution in [3.63, 3.8) is 0 Å². The Morgan fingerprint density at radius 2 is 1.85 bits per heavy atom. The van der Waals surface area contributed by atoms with Crippen LogP contribution in [0.1, 0.15) is 64.4 Å². The van der Waals surface area contributed by atoms with E-state index in [9.17, 15) is 9.90 Å². The first-order valence-corrected chi connectivity index (χ1v) is 10.7. The van der Waals surface area contributed by atoms with Crippen LogP contribution < -0.4 is 11.1 Å². The Hall–Kier alpha value is -1.39. The summed E-state index contributed by atoms with van der Waals surface area (Å²) in [6, 6.07) is 9.60. The smallest absolute Gasteiger partial charge is 0.223 e. The fourth-order valence-corrected chi connectivity index (χ4v) is 4.15. The monoisotopic (exact) mass is 374 g/mol. The predicted octanol–water partition coefficient (Wildman–Crippen LogP) is 3.67. The van der Waals surface area contributed by atoms with E-state index in [1.165, 1.54) is 32.1 Å². The van der Waals surface area contributed by atoms with Crippen LogP contribution in [0.15, 0.2) is 30.3 Å². The highest BCUT2D eigenvalue weighted by Gasteiger charge is 2.28. The molecule has 0 spiro atoms. The normalized spacial score (nSPS) is 18.9. The molecule has 1 aromatic carbocycles. The summed E-state index contributed by atoms with van der Waals surface area (Å²) in [5.41, 5.74) is 7.33. The van der Waals surface area contributed by atoms with Gasteiger partial charge in [-0.25, -0.2) is 0 Å². The maximum atomic E-state index is 12.7. The number of hydrogen-bond acceptors (Lipinski definition) is 3. The average Bonchev–Trinajstić information content (AvgIpc) is 2.67. The van der Waals surface area contributed by atoms with Crippen LogP contribution in [0.3, 0.4) is 0 Å². The molecule has 1 aliphatic rings. The third kappa shape index (κ3) is 7.63. The van der Waals surface area contributed by atoms with Crippen LogP contribution in [0.25, 0.3) is 0 Å². The minimum atomic E-state index is -0.679. The lowest BCUT2D eigenvalue weighted by Gasteiger charge is -2.27. The van der Waals surface area contributed by atoms with E-state index in [1.807, 2.05) is 44.2 Å². The van der Waals surface area contributed by atoms with Crippen molar-refractivity contribution in [3.05, 3.63) is 35.9 Å². The molecule has 0 heterocycles. The second kappa shape index (κ2) is 11.5. The van der Waals surface area contributed by atoms with Crippen LogP contribution in [0.4, 0.5) is 0 Å². The fraction of sp³-hybridized carbons (Fsp3) is 0.696. The Morgan fingerprint density at radius 1 is 1.19 bits per heavy atom. The number of nitrogens with two attached hydrogens (primary N) is 1. The molecule has 0 aromatic heterocycles. The number of hydrogen-bond donors (Lipinski definition) is 3. The van der Waals surface area contributed by atoms with Gasteiger partial charge in [0.15, 0.2) is 0 Å². The van der Waals surface area contributed by atoms with Crippen molar-refractivity contribution in [2.75, 3.05) is 6.54 Å². The summed E-state index contributed by atoms with van der Waals surface area (Å²) in [5.74, 6) is 0.805. The molecule has 152 valence electrons. The number of aliphatic hydroxyl groups is 1. The summed E-state index contributed by atoms with van der Waals surface area (Å²) in [5, 5.41) is 13.7. The van der Waals surface area contributed by atoms with Crippen LogP contribution in [-0.2, 0) is 11.2 Å².